The second-order valence-electron chi connectivity index (χ2n) is 7.33. The maximum Gasteiger partial charge on any atom is 0.262 e. The summed E-state index contributed by atoms with van der Waals surface area (Å²) < 4.78 is 10.8. The minimum atomic E-state index is -0.427. The lowest BCUT2D eigenvalue weighted by Gasteiger charge is -2.27. The molecule has 0 radical (unpaired) electrons. The molecule has 3 aromatic rings. The van der Waals surface area contributed by atoms with Gasteiger partial charge in [0, 0.05) is 25.1 Å². The average molecular weight is 453 g/mol. The highest BCUT2D eigenvalue weighted by Crippen LogP contribution is 2.34. The van der Waals surface area contributed by atoms with Gasteiger partial charge in [-0.05, 0) is 47.8 Å². The number of methoxy groups -OCH3 is 1. The van der Waals surface area contributed by atoms with Crippen molar-refractivity contribution in [2.24, 2.45) is 10.8 Å². The molecule has 8 nitrogen and oxygen atoms in total. The fourth-order valence-electron chi connectivity index (χ4n) is 3.61. The van der Waals surface area contributed by atoms with Crippen molar-refractivity contribution in [1.82, 2.24) is 5.01 Å². The van der Waals surface area contributed by atoms with Crippen molar-refractivity contribution in [3.8, 4) is 5.75 Å². The van der Waals surface area contributed by atoms with Gasteiger partial charge >= 0.3 is 0 Å². The number of ether oxygens (including phenoxy) is 1. The van der Waals surface area contributed by atoms with E-state index >= 15 is 0 Å². The molecule has 4 rings (SSSR count). The summed E-state index contributed by atoms with van der Waals surface area (Å²) >= 11 is 1.59. The first-order valence-electron chi connectivity index (χ1n) is 10.2. The van der Waals surface area contributed by atoms with Crippen molar-refractivity contribution in [2.75, 3.05) is 25.1 Å². The lowest BCUT2D eigenvalue weighted by atomic mass is 10.1. The number of furan rings is 1. The van der Waals surface area contributed by atoms with Crippen molar-refractivity contribution >= 4 is 34.6 Å². The van der Waals surface area contributed by atoms with Crippen LogP contribution in [0.1, 0.15) is 29.5 Å². The average Bonchev–Trinajstić information content (AvgIpc) is 3.56. The molecule has 0 saturated carbocycles. The van der Waals surface area contributed by atoms with E-state index in [9.17, 15) is 9.59 Å². The third kappa shape index (κ3) is 4.83. The Morgan fingerprint density at radius 3 is 2.69 bits per heavy atom. The van der Waals surface area contributed by atoms with E-state index < -0.39 is 5.91 Å². The van der Waals surface area contributed by atoms with Gasteiger partial charge in [0.15, 0.2) is 0 Å². The van der Waals surface area contributed by atoms with Crippen LogP contribution in [0.2, 0.25) is 0 Å². The Balaban J connectivity index is 1.58. The van der Waals surface area contributed by atoms with Gasteiger partial charge in [-0.25, -0.2) is 5.01 Å². The molecule has 32 heavy (non-hydrogen) atoms. The van der Waals surface area contributed by atoms with Gasteiger partial charge in [-0.2, -0.15) is 5.10 Å². The van der Waals surface area contributed by atoms with E-state index in [-0.39, 0.29) is 24.9 Å². The maximum absolute atomic E-state index is 13.4. The third-order valence-corrected chi connectivity index (χ3v) is 6.15. The highest BCUT2D eigenvalue weighted by atomic mass is 32.1. The number of nitrogens with zero attached hydrogens (tertiary/aromatic N) is 3. The highest BCUT2D eigenvalue weighted by Gasteiger charge is 2.35. The van der Waals surface area contributed by atoms with E-state index in [1.54, 1.807) is 30.8 Å². The van der Waals surface area contributed by atoms with Crippen molar-refractivity contribution < 1.29 is 18.7 Å². The van der Waals surface area contributed by atoms with Crippen LogP contribution in [0, 0.1) is 0 Å². The van der Waals surface area contributed by atoms with E-state index in [2.05, 4.69) is 5.10 Å². The zero-order chi connectivity index (χ0) is 22.5. The molecule has 2 N–H and O–H groups in total. The van der Waals surface area contributed by atoms with Gasteiger partial charge in [0.2, 0.25) is 5.91 Å². The maximum atomic E-state index is 13.4. The normalized spacial score (nSPS) is 15.5. The Morgan fingerprint density at radius 1 is 1.25 bits per heavy atom. The van der Waals surface area contributed by atoms with Crippen LogP contribution in [0.5, 0.6) is 5.75 Å². The fraction of sp³-hybridized carbons (Fsp3) is 0.261. The molecule has 1 unspecified atom stereocenters. The molecule has 166 valence electrons. The van der Waals surface area contributed by atoms with Crippen LogP contribution in [-0.2, 0) is 9.59 Å². The van der Waals surface area contributed by atoms with Crippen LogP contribution in [0.15, 0.2) is 69.7 Å². The van der Waals surface area contributed by atoms with E-state index in [0.29, 0.717) is 24.5 Å². The Morgan fingerprint density at radius 2 is 2.06 bits per heavy atom. The zero-order valence-corrected chi connectivity index (χ0v) is 18.5. The fourth-order valence-corrected chi connectivity index (χ4v) is 4.33. The number of carbonyl (C=O) groups excluding carboxylic acids is 2. The monoisotopic (exact) mass is 452 g/mol. The number of hydrogen-bond acceptors (Lipinski definition) is 7. The van der Waals surface area contributed by atoms with Gasteiger partial charge in [-0.1, -0.05) is 6.07 Å². The SMILES string of the molecule is COc1ccc(N(CCC(N)=O)CC(=O)N2N=C(c3cccs3)CC2c2ccco2)cc1. The van der Waals surface area contributed by atoms with E-state index in [4.69, 9.17) is 14.9 Å². The predicted molar refractivity (Wildman–Crippen MR) is 123 cm³/mol. The summed E-state index contributed by atoms with van der Waals surface area (Å²) in [6, 6.07) is 14.6. The number of thiophene rings is 1. The molecule has 9 heteroatoms. The molecule has 1 aliphatic heterocycles. The molecule has 1 atom stereocenters. The number of anilines is 1. The van der Waals surface area contributed by atoms with Gasteiger partial charge < -0.3 is 19.8 Å². The van der Waals surface area contributed by atoms with Gasteiger partial charge in [0.25, 0.3) is 5.91 Å². The van der Waals surface area contributed by atoms with Gasteiger partial charge in [-0.15, -0.1) is 11.3 Å². The number of carbonyl (C=O) groups is 2. The molecule has 0 aliphatic carbocycles. The summed E-state index contributed by atoms with van der Waals surface area (Å²) in [4.78, 5) is 27.7. The van der Waals surface area contributed by atoms with E-state index in [1.807, 2.05) is 52.7 Å². The Bertz CT molecular complexity index is 1080. The Hall–Kier alpha value is -3.59. The molecule has 0 saturated heterocycles. The number of nitrogens with two attached hydrogens (primary N) is 1. The summed E-state index contributed by atoms with van der Waals surface area (Å²) in [7, 11) is 1.59. The summed E-state index contributed by atoms with van der Waals surface area (Å²) in [5.74, 6) is 0.765. The molecule has 0 bridgehead atoms. The number of hydrazone groups is 1. The second kappa shape index (κ2) is 9.69. The summed E-state index contributed by atoms with van der Waals surface area (Å²) in [6.07, 6.45) is 2.30. The molecule has 1 aliphatic rings. The number of primary amides is 1. The first kappa shape index (κ1) is 21.6. The minimum Gasteiger partial charge on any atom is -0.497 e. The van der Waals surface area contributed by atoms with Crippen molar-refractivity contribution in [2.45, 2.75) is 18.9 Å². The first-order valence-corrected chi connectivity index (χ1v) is 11.1. The number of hydrogen-bond donors (Lipinski definition) is 1. The Labute approximate surface area is 189 Å². The molecule has 2 amide bonds. The quantitative estimate of drug-likeness (QED) is 0.536. The molecule has 1 aromatic carbocycles. The summed E-state index contributed by atoms with van der Waals surface area (Å²) in [5.41, 5.74) is 7.00. The van der Waals surface area contributed by atoms with Crippen molar-refractivity contribution in [1.29, 1.82) is 0 Å². The molecular weight excluding hydrogens is 428 g/mol. The van der Waals surface area contributed by atoms with Gasteiger partial charge in [0.05, 0.1) is 30.5 Å². The van der Waals surface area contributed by atoms with Crippen LogP contribution in [0.25, 0.3) is 0 Å². The van der Waals surface area contributed by atoms with Crippen LogP contribution in [-0.4, -0.2) is 42.7 Å². The summed E-state index contributed by atoms with van der Waals surface area (Å²) in [5, 5.41) is 8.13. The number of amides is 2. The van der Waals surface area contributed by atoms with Gasteiger partial charge in [0.1, 0.15) is 17.6 Å². The van der Waals surface area contributed by atoms with Crippen LogP contribution in [0.3, 0.4) is 0 Å². The lowest BCUT2D eigenvalue weighted by molar-refractivity contribution is -0.132. The number of rotatable bonds is 9. The lowest BCUT2D eigenvalue weighted by Crippen LogP contribution is -2.39. The van der Waals surface area contributed by atoms with E-state index in [0.717, 1.165) is 16.3 Å². The highest BCUT2D eigenvalue weighted by molar-refractivity contribution is 7.12. The largest absolute Gasteiger partial charge is 0.497 e. The first-order chi connectivity index (χ1) is 15.5. The topological polar surface area (TPSA) is 101 Å². The molecule has 0 fully saturated rings. The van der Waals surface area contributed by atoms with Crippen molar-refractivity contribution in [3.63, 3.8) is 0 Å². The van der Waals surface area contributed by atoms with E-state index in [1.165, 1.54) is 5.01 Å². The smallest absolute Gasteiger partial charge is 0.262 e. The van der Waals surface area contributed by atoms with Crippen LogP contribution >= 0.6 is 11.3 Å². The summed E-state index contributed by atoms with van der Waals surface area (Å²) in [6.45, 7) is 0.353. The predicted octanol–water partition coefficient (Wildman–Crippen LogP) is 3.41. The molecule has 2 aromatic heterocycles. The zero-order valence-electron chi connectivity index (χ0n) is 17.6. The van der Waals surface area contributed by atoms with Gasteiger partial charge in [-0.3, -0.25) is 9.59 Å². The van der Waals surface area contributed by atoms with Crippen LogP contribution in [0.4, 0.5) is 5.69 Å². The number of benzene rings is 1. The van der Waals surface area contributed by atoms with Crippen molar-refractivity contribution in [3.05, 3.63) is 70.8 Å². The second-order valence-corrected chi connectivity index (χ2v) is 8.28. The molecule has 3 heterocycles. The molecule has 0 spiro atoms. The minimum absolute atomic E-state index is 0.0397. The standard InChI is InChI=1S/C23H24N4O4S/c1-30-17-8-6-16(7-9-17)26(11-10-22(24)28)15-23(29)27-19(20-4-2-12-31-20)14-18(25-27)21-5-3-13-32-21/h2-9,12-13,19H,10-11,14-15H2,1H3,(H2,24,28). The Kier molecular flexibility index (Phi) is 6.55. The third-order valence-electron chi connectivity index (χ3n) is 5.23. The van der Waals surface area contributed by atoms with Crippen LogP contribution < -0.4 is 15.4 Å². The molecular formula is C23H24N4O4S.